The van der Waals surface area contributed by atoms with Crippen LogP contribution < -0.4 is 4.90 Å². The molecule has 1 unspecified atom stereocenters. The number of piperazine rings is 1. The van der Waals surface area contributed by atoms with Gasteiger partial charge in [-0.3, -0.25) is 9.69 Å². The third kappa shape index (κ3) is 9.51. The van der Waals surface area contributed by atoms with Gasteiger partial charge in [-0.15, -0.1) is 0 Å². The number of rotatable bonds is 11. The zero-order valence-corrected chi connectivity index (χ0v) is 39.4. The van der Waals surface area contributed by atoms with E-state index in [1.54, 1.807) is 19.2 Å². The number of H-pyrrole nitrogens is 1. The highest BCUT2D eigenvalue weighted by atomic mass is 19.1. The summed E-state index contributed by atoms with van der Waals surface area (Å²) in [7, 11) is 3.81. The number of ketones is 1. The Balaban J connectivity index is 0.675. The van der Waals surface area contributed by atoms with Crippen LogP contribution in [0.1, 0.15) is 97.7 Å². The lowest BCUT2D eigenvalue weighted by atomic mass is 9.79. The molecule has 350 valence electrons. The first-order chi connectivity index (χ1) is 33.1. The molecule has 14 heteroatoms. The van der Waals surface area contributed by atoms with Gasteiger partial charge < -0.3 is 19.2 Å². The predicted molar refractivity (Wildman–Crippen MR) is 263 cm³/mol. The van der Waals surface area contributed by atoms with Gasteiger partial charge >= 0.3 is 17.7 Å². The van der Waals surface area contributed by atoms with Crippen LogP contribution in [0.2, 0.25) is 0 Å². The van der Waals surface area contributed by atoms with Gasteiger partial charge in [-0.25, -0.2) is 23.7 Å². The summed E-state index contributed by atoms with van der Waals surface area (Å²) in [6.45, 7) is 8.00. The molecule has 6 heterocycles. The third-order valence-electron chi connectivity index (χ3n) is 15.2. The van der Waals surface area contributed by atoms with Crippen LogP contribution in [0.4, 0.5) is 15.8 Å². The van der Waals surface area contributed by atoms with Crippen molar-refractivity contribution in [2.45, 2.75) is 76.9 Å². The standard InChI is InChI=1S/C54H61FN9O4/c1-35(50-31-45-44(16-20-56-53(45)60(50)2)41-12-14-47-48(29-41)59-52(58-47)34-68-3)62-21-17-39(18-22-62)38-8-10-40(11-9-38)51(65)28-36-4-6-37(7-5-36)33-61-24-26-63(27-25-61)49-15-13-43(30-46(49)55)57-32-42-19-23-64(67)54(42)66/h8-16,20,29-31,33,35-37,39,42H,4-7,17-19,21-28,34H2,1-3H3,(H,58,59)/q+3/t35-,36?,37?,42?/m0/s1. The number of benzene rings is 3. The maximum atomic E-state index is 15.2. The molecule has 13 nitrogen and oxygen atoms in total. The molecule has 2 atom stereocenters. The highest BCUT2D eigenvalue weighted by Gasteiger charge is 2.44. The van der Waals surface area contributed by atoms with E-state index in [2.05, 4.69) is 115 Å². The number of aromatic amines is 1. The van der Waals surface area contributed by atoms with Gasteiger partial charge in [0.25, 0.3) is 0 Å². The van der Waals surface area contributed by atoms with E-state index in [4.69, 9.17) is 9.72 Å². The van der Waals surface area contributed by atoms with E-state index in [0.29, 0.717) is 66.4 Å². The van der Waals surface area contributed by atoms with Crippen molar-refractivity contribution in [2.24, 2.45) is 24.8 Å². The number of anilines is 1. The number of piperidine rings is 1. The van der Waals surface area contributed by atoms with Crippen LogP contribution in [-0.2, 0) is 23.2 Å². The minimum absolute atomic E-state index is 0.143. The third-order valence-corrected chi connectivity index (χ3v) is 15.2. The predicted octanol–water partition coefficient (Wildman–Crippen LogP) is 9.62. The zero-order valence-electron chi connectivity index (χ0n) is 39.4. The number of Topliss-reactive ketones (excluding diaryl/α,β-unsaturated/α-hetero) is 1. The summed E-state index contributed by atoms with van der Waals surface area (Å²) in [6, 6.07) is 27.1. The zero-order chi connectivity index (χ0) is 46.9. The smallest absolute Gasteiger partial charge is 0.377 e. The van der Waals surface area contributed by atoms with E-state index >= 15 is 4.39 Å². The Morgan fingerprint density at radius 3 is 2.46 bits per heavy atom. The van der Waals surface area contributed by atoms with Crippen molar-refractivity contribution in [3.63, 3.8) is 0 Å². The number of carbonyl (C=O) groups excluding carboxylic acids is 2. The fraction of sp³-hybridized carbons (Fsp3) is 0.444. The van der Waals surface area contributed by atoms with Gasteiger partial charge in [0.15, 0.2) is 24.7 Å². The molecule has 6 aromatic rings. The molecule has 0 bridgehead atoms. The number of carbonyl (C=O) groups is 2. The van der Waals surface area contributed by atoms with Crippen molar-refractivity contribution in [2.75, 3.05) is 57.8 Å². The summed E-state index contributed by atoms with van der Waals surface area (Å²) in [5, 5.41) is 1.15. The molecule has 0 spiro atoms. The van der Waals surface area contributed by atoms with E-state index in [9.17, 15) is 14.5 Å². The summed E-state index contributed by atoms with van der Waals surface area (Å²) in [4.78, 5) is 58.5. The van der Waals surface area contributed by atoms with E-state index in [-0.39, 0.29) is 24.2 Å². The first kappa shape index (κ1) is 45.4. The molecule has 0 radical (unpaired) electrons. The molecule has 3 saturated heterocycles. The summed E-state index contributed by atoms with van der Waals surface area (Å²) >= 11 is 0. The van der Waals surface area contributed by atoms with Gasteiger partial charge in [-0.2, -0.15) is 0 Å². The maximum absolute atomic E-state index is 15.2. The van der Waals surface area contributed by atoms with E-state index in [0.717, 1.165) is 109 Å². The van der Waals surface area contributed by atoms with Crippen molar-refractivity contribution in [3.05, 3.63) is 117 Å². The number of nitroso groups, excluding NO2 is 1. The lowest BCUT2D eigenvalue weighted by Crippen LogP contribution is -2.43. The van der Waals surface area contributed by atoms with Crippen LogP contribution in [0.5, 0.6) is 0 Å². The van der Waals surface area contributed by atoms with Crippen LogP contribution >= 0.6 is 0 Å². The van der Waals surface area contributed by atoms with Crippen LogP contribution in [0.3, 0.4) is 0 Å². The lowest BCUT2D eigenvalue weighted by Gasteiger charge is -2.36. The molecule has 4 fully saturated rings. The molecule has 3 aliphatic heterocycles. The van der Waals surface area contributed by atoms with Gasteiger partial charge in [0.2, 0.25) is 12.5 Å². The first-order valence-corrected chi connectivity index (χ1v) is 24.5. The highest BCUT2D eigenvalue weighted by molar-refractivity contribution is 5.97. The minimum Gasteiger partial charge on any atom is -0.377 e. The van der Waals surface area contributed by atoms with Crippen molar-refractivity contribution >= 4 is 51.3 Å². The van der Waals surface area contributed by atoms with Crippen molar-refractivity contribution in [1.29, 1.82) is 0 Å². The van der Waals surface area contributed by atoms with Crippen LogP contribution in [0.25, 0.3) is 38.0 Å². The van der Waals surface area contributed by atoms with Gasteiger partial charge in [0.05, 0.1) is 40.6 Å². The number of likely N-dealkylation sites (tertiary alicyclic amines) is 1. The Hall–Kier alpha value is -6.43. The average Bonchev–Trinajstić information content (AvgIpc) is 4.04. The number of methoxy groups -OCH3 is 1. The number of aromatic nitrogens is 4. The second kappa shape index (κ2) is 19.7. The van der Waals surface area contributed by atoms with Gasteiger partial charge in [0, 0.05) is 72.8 Å². The number of aryl methyl sites for hydroxylation is 1. The second-order valence-corrected chi connectivity index (χ2v) is 19.4. The van der Waals surface area contributed by atoms with Crippen LogP contribution in [0, 0.1) is 34.5 Å². The number of fused-ring (bicyclic) bond motifs is 2. The first-order valence-electron chi connectivity index (χ1n) is 24.5. The topological polar surface area (TPSA) is 124 Å². The van der Waals surface area contributed by atoms with E-state index in [1.165, 1.54) is 17.3 Å². The number of halogens is 1. The summed E-state index contributed by atoms with van der Waals surface area (Å²) < 4.78 is 25.5. The Bertz CT molecular complexity index is 2960. The van der Waals surface area contributed by atoms with Crippen LogP contribution in [0.15, 0.2) is 79.0 Å². The van der Waals surface area contributed by atoms with E-state index in [1.807, 2.05) is 6.20 Å². The molecule has 3 aromatic carbocycles. The molecule has 1 saturated carbocycles. The molecule has 1 N–H and O–H groups in total. The quantitative estimate of drug-likeness (QED) is 0.101. The number of imidazole rings is 1. The lowest BCUT2D eigenvalue weighted by molar-refractivity contribution is -0.527. The second-order valence-electron chi connectivity index (χ2n) is 19.4. The number of hydrogen-bond acceptors (Lipinski definition) is 8. The fourth-order valence-electron chi connectivity index (χ4n) is 11.2. The normalized spacial score (nSPS) is 21.1. The fourth-order valence-corrected chi connectivity index (χ4v) is 11.2. The highest BCUT2D eigenvalue weighted by Crippen LogP contribution is 2.37. The molecule has 68 heavy (non-hydrogen) atoms. The molecule has 10 rings (SSSR count). The Morgan fingerprint density at radius 2 is 1.74 bits per heavy atom. The van der Waals surface area contributed by atoms with Crippen molar-refractivity contribution in [1.82, 2.24) is 24.4 Å². The summed E-state index contributed by atoms with van der Waals surface area (Å²) in [6.07, 6.45) is 11.7. The molecule has 1 aliphatic carbocycles. The molecule has 3 aromatic heterocycles. The minimum atomic E-state index is -0.663. The van der Waals surface area contributed by atoms with Crippen molar-refractivity contribution in [3.8, 4) is 17.2 Å². The Kier molecular flexibility index (Phi) is 13.1. The van der Waals surface area contributed by atoms with Crippen molar-refractivity contribution < 1.29 is 28.1 Å². The molecule has 1 amide bonds. The number of nitrogens with one attached hydrogen (secondary N) is 1. The molecular weight excluding hydrogens is 858 g/mol. The Labute approximate surface area is 396 Å². The Morgan fingerprint density at radius 1 is 0.956 bits per heavy atom. The number of amides is 1. The SMILES string of the molecule is COCc1nc2ccc(-c3ccnc4c3cc([C@H](C)N3CCC(c5ccc(C(=O)CC6CCC(C=[N+]7CCN(c8ccc([N+]#CC9CC[N+](=O)C9=O)cc8F)CC7)CC6)cc5)CC3)n4C)cc2[nH]1. The summed E-state index contributed by atoms with van der Waals surface area (Å²) in [5.41, 5.74) is 9.52. The molecular formula is C54H61FN9O4+3. The number of pyridine rings is 1. The van der Waals surface area contributed by atoms with E-state index < -0.39 is 11.8 Å². The number of hydrogen-bond donors (Lipinski definition) is 1. The van der Waals surface area contributed by atoms with Gasteiger partial charge in [0.1, 0.15) is 24.3 Å². The van der Waals surface area contributed by atoms with Gasteiger partial charge in [-0.1, -0.05) is 30.3 Å². The summed E-state index contributed by atoms with van der Waals surface area (Å²) in [5.74, 6) is 0.886. The maximum Gasteiger partial charge on any atom is 0.454 e. The largest absolute Gasteiger partial charge is 0.454 e. The van der Waals surface area contributed by atoms with Gasteiger partial charge in [-0.05, 0) is 122 Å². The average molecular weight is 919 g/mol. The van der Waals surface area contributed by atoms with Crippen LogP contribution in [-0.4, -0.2) is 105 Å². The number of ether oxygens (including phenoxy) is 1. The monoisotopic (exact) mass is 918 g/mol. The number of nitrogens with zero attached hydrogens (tertiary/aromatic N) is 8. The molecule has 4 aliphatic rings.